The molecule has 2 aromatic carbocycles. The third-order valence-electron chi connectivity index (χ3n) is 3.80. The van der Waals surface area contributed by atoms with Gasteiger partial charge in [-0.25, -0.2) is 4.79 Å². The zero-order valence-electron chi connectivity index (χ0n) is 12.0. The summed E-state index contributed by atoms with van der Waals surface area (Å²) in [5.41, 5.74) is 9.88. The fourth-order valence-corrected chi connectivity index (χ4v) is 2.64. The van der Waals surface area contributed by atoms with E-state index in [-0.39, 0.29) is 12.1 Å². The summed E-state index contributed by atoms with van der Waals surface area (Å²) in [7, 11) is 0. The van der Waals surface area contributed by atoms with Gasteiger partial charge in [0.2, 0.25) is 0 Å². The van der Waals surface area contributed by atoms with Gasteiger partial charge in [-0.1, -0.05) is 30.3 Å². The minimum atomic E-state index is -0.0956. The third kappa shape index (κ3) is 2.76. The zero-order valence-corrected chi connectivity index (χ0v) is 12.0. The summed E-state index contributed by atoms with van der Waals surface area (Å²) in [5, 5.41) is 2.95. The van der Waals surface area contributed by atoms with Crippen molar-refractivity contribution in [3.05, 3.63) is 59.7 Å². The van der Waals surface area contributed by atoms with E-state index >= 15 is 0 Å². The molecule has 3 N–H and O–H groups in total. The van der Waals surface area contributed by atoms with E-state index in [2.05, 4.69) is 11.4 Å². The number of amides is 2. The number of rotatable bonds is 2. The highest BCUT2D eigenvalue weighted by atomic mass is 16.2. The monoisotopic (exact) mass is 281 g/mol. The van der Waals surface area contributed by atoms with Crippen molar-refractivity contribution in [1.29, 1.82) is 0 Å². The lowest BCUT2D eigenvalue weighted by Gasteiger charge is -2.18. The molecule has 1 unspecified atom stereocenters. The smallest absolute Gasteiger partial charge is 0.324 e. The lowest BCUT2D eigenvalue weighted by molar-refractivity contribution is 0.257. The molecule has 2 amide bonds. The van der Waals surface area contributed by atoms with Gasteiger partial charge in [0, 0.05) is 24.0 Å². The van der Waals surface area contributed by atoms with Crippen molar-refractivity contribution in [2.45, 2.75) is 19.4 Å². The van der Waals surface area contributed by atoms with Crippen molar-refractivity contribution >= 4 is 17.4 Å². The van der Waals surface area contributed by atoms with Crippen LogP contribution in [-0.2, 0) is 6.42 Å². The van der Waals surface area contributed by atoms with E-state index in [9.17, 15) is 4.79 Å². The molecule has 0 fully saturated rings. The van der Waals surface area contributed by atoms with Gasteiger partial charge in [-0.15, -0.1) is 0 Å². The van der Waals surface area contributed by atoms with Crippen molar-refractivity contribution < 1.29 is 4.79 Å². The number of carbonyl (C=O) groups excluding carboxylic acids is 1. The van der Waals surface area contributed by atoms with Crippen molar-refractivity contribution in [2.24, 2.45) is 5.73 Å². The number of para-hydroxylation sites is 1. The maximum absolute atomic E-state index is 12.4. The zero-order chi connectivity index (χ0) is 14.8. The molecule has 1 aliphatic heterocycles. The molecule has 108 valence electrons. The van der Waals surface area contributed by atoms with Crippen molar-refractivity contribution in [3.8, 4) is 0 Å². The molecule has 21 heavy (non-hydrogen) atoms. The Balaban J connectivity index is 1.77. The first kappa shape index (κ1) is 13.6. The first-order valence-electron chi connectivity index (χ1n) is 7.17. The molecule has 0 saturated carbocycles. The van der Waals surface area contributed by atoms with Crippen LogP contribution in [0.5, 0.6) is 0 Å². The average molecular weight is 281 g/mol. The molecule has 0 aromatic heterocycles. The van der Waals surface area contributed by atoms with Gasteiger partial charge >= 0.3 is 6.03 Å². The molecule has 0 spiro atoms. The first-order valence-corrected chi connectivity index (χ1v) is 7.17. The highest BCUT2D eigenvalue weighted by Crippen LogP contribution is 2.28. The van der Waals surface area contributed by atoms with Gasteiger partial charge in [0.25, 0.3) is 0 Å². The van der Waals surface area contributed by atoms with Gasteiger partial charge in [0.1, 0.15) is 0 Å². The molecule has 2 aromatic rings. The normalized spacial score (nSPS) is 14.7. The largest absolute Gasteiger partial charge is 0.326 e. The number of benzene rings is 2. The lowest BCUT2D eigenvalue weighted by atomic mass is 10.1. The van der Waals surface area contributed by atoms with Crippen LogP contribution in [0.4, 0.5) is 16.2 Å². The number of nitrogens with zero attached hydrogens (tertiary/aromatic N) is 1. The molecule has 0 bridgehead atoms. The summed E-state index contributed by atoms with van der Waals surface area (Å²) in [4.78, 5) is 14.2. The standard InChI is InChI=1S/C17H19N3O/c1-12(18)14-6-4-7-15(11-14)19-17(21)20-10-9-13-5-2-3-8-16(13)20/h2-8,11-12H,9-10,18H2,1H3,(H,19,21). The Bertz CT molecular complexity index is 667. The second-order valence-corrected chi connectivity index (χ2v) is 5.37. The molecule has 1 aliphatic rings. The van der Waals surface area contributed by atoms with Crippen LogP contribution in [0.2, 0.25) is 0 Å². The van der Waals surface area contributed by atoms with E-state index in [1.54, 1.807) is 4.90 Å². The summed E-state index contributed by atoms with van der Waals surface area (Å²) >= 11 is 0. The molecule has 0 saturated heterocycles. The minimum Gasteiger partial charge on any atom is -0.324 e. The number of carbonyl (C=O) groups is 1. The maximum atomic E-state index is 12.4. The molecule has 1 atom stereocenters. The molecule has 0 aliphatic carbocycles. The van der Waals surface area contributed by atoms with Crippen LogP contribution in [-0.4, -0.2) is 12.6 Å². The molecule has 4 nitrogen and oxygen atoms in total. The maximum Gasteiger partial charge on any atom is 0.326 e. The van der Waals surface area contributed by atoms with Crippen molar-refractivity contribution in [3.63, 3.8) is 0 Å². The van der Waals surface area contributed by atoms with Gasteiger partial charge in [-0.05, 0) is 42.7 Å². The molecular formula is C17H19N3O. The van der Waals surface area contributed by atoms with E-state index in [4.69, 9.17) is 5.73 Å². The van der Waals surface area contributed by atoms with Crippen LogP contribution < -0.4 is 16.0 Å². The number of hydrogen-bond acceptors (Lipinski definition) is 2. The number of nitrogens with two attached hydrogens (primary N) is 1. The molecule has 1 heterocycles. The first-order chi connectivity index (χ1) is 10.1. The van der Waals surface area contributed by atoms with Crippen molar-refractivity contribution in [2.75, 3.05) is 16.8 Å². The summed E-state index contributed by atoms with van der Waals surface area (Å²) < 4.78 is 0. The Hall–Kier alpha value is -2.33. The number of hydrogen-bond donors (Lipinski definition) is 2. The quantitative estimate of drug-likeness (QED) is 0.887. The minimum absolute atomic E-state index is 0.0469. The van der Waals surface area contributed by atoms with E-state index < -0.39 is 0 Å². The van der Waals surface area contributed by atoms with Crippen molar-refractivity contribution in [1.82, 2.24) is 0 Å². The lowest BCUT2D eigenvalue weighted by Crippen LogP contribution is -2.33. The summed E-state index contributed by atoms with van der Waals surface area (Å²) in [6.07, 6.45) is 0.906. The predicted octanol–water partition coefficient (Wildman–Crippen LogP) is 3.30. The Morgan fingerprint density at radius 2 is 2.05 bits per heavy atom. The summed E-state index contributed by atoms with van der Waals surface area (Å²) in [5.74, 6) is 0. The van der Waals surface area contributed by atoms with Gasteiger partial charge in [0.15, 0.2) is 0 Å². The average Bonchev–Trinajstić information content (AvgIpc) is 2.91. The van der Waals surface area contributed by atoms with E-state index in [1.165, 1.54) is 5.56 Å². The fourth-order valence-electron chi connectivity index (χ4n) is 2.64. The number of anilines is 2. The van der Waals surface area contributed by atoms with Crippen LogP contribution in [0.3, 0.4) is 0 Å². The van der Waals surface area contributed by atoms with Crippen LogP contribution in [0.1, 0.15) is 24.1 Å². The van der Waals surface area contributed by atoms with Crippen LogP contribution in [0.25, 0.3) is 0 Å². The highest BCUT2D eigenvalue weighted by molar-refractivity contribution is 6.03. The number of fused-ring (bicyclic) bond motifs is 1. The van der Waals surface area contributed by atoms with Crippen LogP contribution >= 0.6 is 0 Å². The van der Waals surface area contributed by atoms with Gasteiger partial charge in [0.05, 0.1) is 0 Å². The molecule has 3 rings (SSSR count). The van der Waals surface area contributed by atoms with Gasteiger partial charge in [-0.2, -0.15) is 0 Å². The van der Waals surface area contributed by atoms with Gasteiger partial charge in [-0.3, -0.25) is 4.90 Å². The summed E-state index contributed by atoms with van der Waals surface area (Å²) in [6, 6.07) is 15.6. The van der Waals surface area contributed by atoms with E-state index in [1.807, 2.05) is 49.4 Å². The number of urea groups is 1. The van der Waals surface area contributed by atoms with Gasteiger partial charge < -0.3 is 11.1 Å². The summed E-state index contributed by atoms with van der Waals surface area (Å²) in [6.45, 7) is 2.65. The van der Waals surface area contributed by atoms with Crippen LogP contribution in [0, 0.1) is 0 Å². The molecular weight excluding hydrogens is 262 g/mol. The second-order valence-electron chi connectivity index (χ2n) is 5.37. The second kappa shape index (κ2) is 5.58. The topological polar surface area (TPSA) is 58.4 Å². The Morgan fingerprint density at radius 3 is 2.86 bits per heavy atom. The van der Waals surface area contributed by atoms with E-state index in [0.717, 1.165) is 29.9 Å². The predicted molar refractivity (Wildman–Crippen MR) is 85.6 cm³/mol. The number of nitrogens with one attached hydrogen (secondary N) is 1. The van der Waals surface area contributed by atoms with E-state index in [0.29, 0.717) is 0 Å². The molecule has 0 radical (unpaired) electrons. The molecule has 4 heteroatoms. The Labute approximate surface area is 124 Å². The Morgan fingerprint density at radius 1 is 1.24 bits per heavy atom. The highest BCUT2D eigenvalue weighted by Gasteiger charge is 2.24. The fraction of sp³-hybridized carbons (Fsp3) is 0.235. The van der Waals surface area contributed by atoms with Crippen LogP contribution in [0.15, 0.2) is 48.5 Å². The Kier molecular flexibility index (Phi) is 3.62. The SMILES string of the molecule is CC(N)c1cccc(NC(=O)N2CCc3ccccc32)c1. The third-order valence-corrected chi connectivity index (χ3v) is 3.80.